The number of thiophene rings is 1. The Kier molecular flexibility index (Phi) is 4.63. The van der Waals surface area contributed by atoms with E-state index < -0.39 is 0 Å². The first-order valence-electron chi connectivity index (χ1n) is 7.04. The minimum atomic E-state index is 0.0162. The standard InChI is InChI=1S/C15H24N2OS/c1-11-9-12(6-7-16-11)14(18)17-10-15(2,3)13-5-4-8-19-13/h4-5,8,11-12,16H,6-7,9-10H2,1-3H3,(H,17,18)/t11-,12-/m0/s1. The van der Waals surface area contributed by atoms with Gasteiger partial charge in [0.2, 0.25) is 5.91 Å². The van der Waals surface area contributed by atoms with Crippen molar-refractivity contribution < 1.29 is 4.79 Å². The molecule has 1 aliphatic rings. The van der Waals surface area contributed by atoms with Crippen LogP contribution in [0.1, 0.15) is 38.5 Å². The second-order valence-electron chi connectivity index (χ2n) is 6.16. The van der Waals surface area contributed by atoms with Gasteiger partial charge in [0.25, 0.3) is 0 Å². The molecule has 3 nitrogen and oxygen atoms in total. The van der Waals surface area contributed by atoms with Gasteiger partial charge >= 0.3 is 0 Å². The molecule has 1 aromatic heterocycles. The fourth-order valence-corrected chi connectivity index (χ4v) is 3.43. The van der Waals surface area contributed by atoms with Gasteiger partial charge in [0.1, 0.15) is 0 Å². The van der Waals surface area contributed by atoms with E-state index in [9.17, 15) is 4.79 Å². The molecule has 0 aromatic carbocycles. The molecular weight excluding hydrogens is 256 g/mol. The summed E-state index contributed by atoms with van der Waals surface area (Å²) in [5, 5.41) is 8.62. The topological polar surface area (TPSA) is 41.1 Å². The number of piperidine rings is 1. The monoisotopic (exact) mass is 280 g/mol. The van der Waals surface area contributed by atoms with E-state index in [1.54, 1.807) is 11.3 Å². The molecule has 1 aliphatic heterocycles. The molecule has 0 spiro atoms. The van der Waals surface area contributed by atoms with Gasteiger partial charge in [-0.2, -0.15) is 0 Å². The minimum absolute atomic E-state index is 0.0162. The van der Waals surface area contributed by atoms with E-state index in [0.29, 0.717) is 12.6 Å². The van der Waals surface area contributed by atoms with Crippen LogP contribution in [0.5, 0.6) is 0 Å². The molecule has 2 atom stereocenters. The van der Waals surface area contributed by atoms with Gasteiger partial charge in [-0.1, -0.05) is 19.9 Å². The zero-order valence-corrected chi connectivity index (χ0v) is 12.8. The predicted octanol–water partition coefficient (Wildman–Crippen LogP) is 2.53. The van der Waals surface area contributed by atoms with E-state index in [1.165, 1.54) is 4.88 Å². The lowest BCUT2D eigenvalue weighted by molar-refractivity contribution is -0.126. The lowest BCUT2D eigenvalue weighted by Gasteiger charge is -2.29. The highest BCUT2D eigenvalue weighted by atomic mass is 32.1. The summed E-state index contributed by atoms with van der Waals surface area (Å²) in [6, 6.07) is 4.66. The lowest BCUT2D eigenvalue weighted by Crippen LogP contribution is -2.45. The van der Waals surface area contributed by atoms with Crippen LogP contribution < -0.4 is 10.6 Å². The van der Waals surface area contributed by atoms with E-state index in [-0.39, 0.29) is 17.2 Å². The Morgan fingerprint density at radius 1 is 1.58 bits per heavy atom. The minimum Gasteiger partial charge on any atom is -0.355 e. The molecule has 0 radical (unpaired) electrons. The maximum atomic E-state index is 12.2. The Hall–Kier alpha value is -0.870. The van der Waals surface area contributed by atoms with Crippen molar-refractivity contribution in [3.8, 4) is 0 Å². The van der Waals surface area contributed by atoms with Crippen LogP contribution in [-0.4, -0.2) is 25.0 Å². The van der Waals surface area contributed by atoms with Crippen molar-refractivity contribution in [2.75, 3.05) is 13.1 Å². The van der Waals surface area contributed by atoms with E-state index in [2.05, 4.69) is 48.9 Å². The molecule has 4 heteroatoms. The van der Waals surface area contributed by atoms with Crippen LogP contribution in [0.15, 0.2) is 17.5 Å². The zero-order valence-electron chi connectivity index (χ0n) is 12.0. The smallest absolute Gasteiger partial charge is 0.223 e. The van der Waals surface area contributed by atoms with Gasteiger partial charge in [-0.3, -0.25) is 4.79 Å². The highest BCUT2D eigenvalue weighted by Gasteiger charge is 2.27. The molecule has 1 amide bonds. The molecule has 2 rings (SSSR count). The van der Waals surface area contributed by atoms with Crippen LogP contribution in [0.2, 0.25) is 0 Å². The Bertz CT molecular complexity index is 414. The second-order valence-corrected chi connectivity index (χ2v) is 7.10. The number of hydrogen-bond acceptors (Lipinski definition) is 3. The molecule has 1 saturated heterocycles. The third-order valence-corrected chi connectivity index (χ3v) is 5.12. The summed E-state index contributed by atoms with van der Waals surface area (Å²) in [4.78, 5) is 13.5. The number of hydrogen-bond donors (Lipinski definition) is 2. The highest BCUT2D eigenvalue weighted by molar-refractivity contribution is 7.10. The molecule has 1 aromatic rings. The predicted molar refractivity (Wildman–Crippen MR) is 80.5 cm³/mol. The molecule has 0 saturated carbocycles. The Morgan fingerprint density at radius 3 is 3.00 bits per heavy atom. The van der Waals surface area contributed by atoms with Crippen LogP contribution in [0.3, 0.4) is 0 Å². The van der Waals surface area contributed by atoms with Crippen LogP contribution in [0, 0.1) is 5.92 Å². The Morgan fingerprint density at radius 2 is 2.37 bits per heavy atom. The van der Waals surface area contributed by atoms with Crippen molar-refractivity contribution in [2.24, 2.45) is 5.92 Å². The summed E-state index contributed by atoms with van der Waals surface area (Å²) in [5.74, 6) is 0.397. The van der Waals surface area contributed by atoms with Crippen molar-refractivity contribution in [1.29, 1.82) is 0 Å². The first kappa shape index (κ1) is 14.5. The molecular formula is C15H24N2OS. The Labute approximate surface area is 119 Å². The maximum Gasteiger partial charge on any atom is 0.223 e. The normalized spacial score (nSPS) is 24.2. The Balaban J connectivity index is 1.86. The molecule has 19 heavy (non-hydrogen) atoms. The van der Waals surface area contributed by atoms with Gasteiger partial charge in [-0.15, -0.1) is 11.3 Å². The van der Waals surface area contributed by atoms with Crippen LogP contribution in [0.25, 0.3) is 0 Å². The quantitative estimate of drug-likeness (QED) is 0.890. The van der Waals surface area contributed by atoms with E-state index in [1.807, 2.05) is 0 Å². The summed E-state index contributed by atoms with van der Waals surface area (Å²) in [6.07, 6.45) is 1.90. The van der Waals surface area contributed by atoms with Gasteiger partial charge in [-0.25, -0.2) is 0 Å². The summed E-state index contributed by atoms with van der Waals surface area (Å²) < 4.78 is 0. The SMILES string of the molecule is C[C@H]1C[C@@H](C(=O)NCC(C)(C)c2cccs2)CCN1. The zero-order chi connectivity index (χ0) is 13.9. The molecule has 2 N–H and O–H groups in total. The van der Waals surface area contributed by atoms with Gasteiger partial charge < -0.3 is 10.6 Å². The van der Waals surface area contributed by atoms with Gasteiger partial charge in [-0.05, 0) is 37.8 Å². The van der Waals surface area contributed by atoms with Gasteiger partial charge in [0.05, 0.1) is 0 Å². The van der Waals surface area contributed by atoms with Crippen LogP contribution >= 0.6 is 11.3 Å². The third-order valence-electron chi connectivity index (χ3n) is 3.89. The summed E-state index contributed by atoms with van der Waals surface area (Å²) >= 11 is 1.76. The summed E-state index contributed by atoms with van der Waals surface area (Å²) in [5.41, 5.74) is 0.0162. The number of carbonyl (C=O) groups is 1. The van der Waals surface area contributed by atoms with Crippen LogP contribution in [-0.2, 0) is 10.2 Å². The van der Waals surface area contributed by atoms with Crippen molar-refractivity contribution in [3.05, 3.63) is 22.4 Å². The largest absolute Gasteiger partial charge is 0.355 e. The van der Waals surface area contributed by atoms with Gasteiger partial charge in [0, 0.05) is 28.8 Å². The molecule has 0 bridgehead atoms. The fraction of sp³-hybridized carbons (Fsp3) is 0.667. The number of rotatable bonds is 4. The number of carbonyl (C=O) groups excluding carboxylic acids is 1. The van der Waals surface area contributed by atoms with Crippen molar-refractivity contribution >= 4 is 17.2 Å². The summed E-state index contributed by atoms with van der Waals surface area (Å²) in [6.45, 7) is 8.18. The van der Waals surface area contributed by atoms with E-state index in [4.69, 9.17) is 0 Å². The molecule has 1 fully saturated rings. The van der Waals surface area contributed by atoms with E-state index in [0.717, 1.165) is 19.4 Å². The fourth-order valence-electron chi connectivity index (χ4n) is 2.57. The van der Waals surface area contributed by atoms with Gasteiger partial charge in [0.15, 0.2) is 0 Å². The second kappa shape index (κ2) is 6.06. The van der Waals surface area contributed by atoms with Crippen LogP contribution in [0.4, 0.5) is 0 Å². The average Bonchev–Trinajstić information content (AvgIpc) is 2.90. The third kappa shape index (κ3) is 3.80. The number of amides is 1. The molecule has 0 unspecified atom stereocenters. The molecule has 106 valence electrons. The van der Waals surface area contributed by atoms with Crippen molar-refractivity contribution in [3.63, 3.8) is 0 Å². The summed E-state index contributed by atoms with van der Waals surface area (Å²) in [7, 11) is 0. The first-order valence-corrected chi connectivity index (χ1v) is 7.92. The maximum absolute atomic E-state index is 12.2. The molecule has 2 heterocycles. The lowest BCUT2D eigenvalue weighted by atomic mass is 9.89. The average molecular weight is 280 g/mol. The molecule has 0 aliphatic carbocycles. The number of nitrogens with one attached hydrogen (secondary N) is 2. The van der Waals surface area contributed by atoms with E-state index >= 15 is 0 Å². The van der Waals surface area contributed by atoms with Crippen molar-refractivity contribution in [2.45, 2.75) is 45.1 Å². The highest BCUT2D eigenvalue weighted by Crippen LogP contribution is 2.27. The van der Waals surface area contributed by atoms with Crippen molar-refractivity contribution in [1.82, 2.24) is 10.6 Å². The first-order chi connectivity index (χ1) is 8.99.